The fraction of sp³-hybridized carbons (Fsp3) is 0.421. The number of fused-ring (bicyclic) bond motifs is 3. The molecule has 2 aliphatic rings. The third-order valence-electron chi connectivity index (χ3n) is 5.06. The highest BCUT2D eigenvalue weighted by Gasteiger charge is 2.25. The highest BCUT2D eigenvalue weighted by Crippen LogP contribution is 2.32. The van der Waals surface area contributed by atoms with Gasteiger partial charge < -0.3 is 15.6 Å². The molecule has 0 saturated heterocycles. The van der Waals surface area contributed by atoms with Gasteiger partial charge in [-0.25, -0.2) is 0 Å². The van der Waals surface area contributed by atoms with Crippen LogP contribution < -0.4 is 10.6 Å². The maximum atomic E-state index is 12.6. The molecule has 0 bridgehead atoms. The van der Waals surface area contributed by atoms with Crippen molar-refractivity contribution in [1.82, 2.24) is 15.6 Å². The number of carbonyl (C=O) groups excluding carboxylic acids is 1. The second-order valence-electron chi connectivity index (χ2n) is 6.73. The van der Waals surface area contributed by atoms with E-state index in [9.17, 15) is 4.79 Å². The molecule has 2 aromatic rings. The van der Waals surface area contributed by atoms with Crippen LogP contribution in [0.25, 0.3) is 17.0 Å². The minimum atomic E-state index is 0.0275. The van der Waals surface area contributed by atoms with Crippen LogP contribution in [0.5, 0.6) is 0 Å². The minimum Gasteiger partial charge on any atom is -0.373 e. The molecule has 4 heteroatoms. The number of carbonyl (C=O) groups is 1. The second-order valence-corrected chi connectivity index (χ2v) is 6.73. The number of hydrogen-bond acceptors (Lipinski definition) is 2. The zero-order valence-corrected chi connectivity index (χ0v) is 13.5. The van der Waals surface area contributed by atoms with Crippen molar-refractivity contribution in [3.05, 3.63) is 41.2 Å². The van der Waals surface area contributed by atoms with Crippen molar-refractivity contribution in [3.8, 4) is 0 Å². The summed E-state index contributed by atoms with van der Waals surface area (Å²) >= 11 is 0. The minimum absolute atomic E-state index is 0.0275. The number of H-pyrrole nitrogens is 1. The first-order valence-corrected chi connectivity index (χ1v) is 8.62. The Labute approximate surface area is 136 Å². The zero-order valence-electron chi connectivity index (χ0n) is 13.5. The molecule has 1 saturated carbocycles. The molecule has 120 valence electrons. The number of rotatable bonds is 2. The zero-order chi connectivity index (χ0) is 15.8. The van der Waals surface area contributed by atoms with Gasteiger partial charge in [0.25, 0.3) is 5.91 Å². The van der Waals surface area contributed by atoms with Crippen LogP contribution >= 0.6 is 0 Å². The summed E-state index contributed by atoms with van der Waals surface area (Å²) in [5.41, 5.74) is 4.10. The van der Waals surface area contributed by atoms with Crippen LogP contribution in [0, 0.1) is 0 Å². The standard InChI is InChI=1S/C19H23N3O/c1-12-18-15(14-9-5-6-10-16(14)22-18)11-17(20-12)19(23)21-13-7-3-2-4-8-13/h5-6,9-13,20,22H,2-4,7-8H2,1H3,(H,21,23). The van der Waals surface area contributed by atoms with Crippen LogP contribution in [0.3, 0.4) is 0 Å². The summed E-state index contributed by atoms with van der Waals surface area (Å²) in [7, 11) is 0. The van der Waals surface area contributed by atoms with E-state index in [1.54, 1.807) is 0 Å². The van der Waals surface area contributed by atoms with Gasteiger partial charge in [0.15, 0.2) is 0 Å². The lowest BCUT2D eigenvalue weighted by Gasteiger charge is -2.26. The smallest absolute Gasteiger partial charge is 0.267 e. The molecule has 1 unspecified atom stereocenters. The number of hydrogen-bond donors (Lipinski definition) is 3. The lowest BCUT2D eigenvalue weighted by Crippen LogP contribution is -2.41. The first-order chi connectivity index (χ1) is 11.2. The molecule has 0 spiro atoms. The van der Waals surface area contributed by atoms with Gasteiger partial charge in [-0.15, -0.1) is 0 Å². The second kappa shape index (κ2) is 5.76. The van der Waals surface area contributed by atoms with Crippen molar-refractivity contribution in [2.75, 3.05) is 0 Å². The Kier molecular flexibility index (Phi) is 3.60. The number of nitrogens with one attached hydrogen (secondary N) is 3. The van der Waals surface area contributed by atoms with Gasteiger partial charge in [-0.2, -0.15) is 0 Å². The maximum Gasteiger partial charge on any atom is 0.267 e. The van der Waals surface area contributed by atoms with Gasteiger partial charge >= 0.3 is 0 Å². The van der Waals surface area contributed by atoms with Crippen LogP contribution in [0.15, 0.2) is 30.0 Å². The Morgan fingerprint density at radius 3 is 2.78 bits per heavy atom. The topological polar surface area (TPSA) is 56.9 Å². The lowest BCUT2D eigenvalue weighted by molar-refractivity contribution is -0.118. The number of aromatic nitrogens is 1. The third kappa shape index (κ3) is 2.62. The summed E-state index contributed by atoms with van der Waals surface area (Å²) in [4.78, 5) is 16.1. The fourth-order valence-electron chi connectivity index (χ4n) is 3.81. The van der Waals surface area contributed by atoms with Gasteiger partial charge in [0.1, 0.15) is 5.70 Å². The Bertz CT molecular complexity index is 768. The van der Waals surface area contributed by atoms with Crippen molar-refractivity contribution in [3.63, 3.8) is 0 Å². The summed E-state index contributed by atoms with van der Waals surface area (Å²) in [6, 6.07) is 8.70. The van der Waals surface area contributed by atoms with Crippen LogP contribution in [0.2, 0.25) is 0 Å². The van der Waals surface area contributed by atoms with Crippen molar-refractivity contribution in [1.29, 1.82) is 0 Å². The quantitative estimate of drug-likeness (QED) is 0.793. The Morgan fingerprint density at radius 2 is 1.96 bits per heavy atom. The Balaban J connectivity index is 1.63. The summed E-state index contributed by atoms with van der Waals surface area (Å²) in [6.45, 7) is 2.09. The maximum absolute atomic E-state index is 12.6. The number of benzene rings is 1. The molecule has 1 amide bonds. The molecule has 4 rings (SSSR count). The Morgan fingerprint density at radius 1 is 1.17 bits per heavy atom. The van der Waals surface area contributed by atoms with Crippen LogP contribution in [-0.2, 0) is 4.79 Å². The fourth-order valence-corrected chi connectivity index (χ4v) is 3.81. The van der Waals surface area contributed by atoms with Gasteiger partial charge in [0, 0.05) is 28.2 Å². The molecule has 1 aliphatic carbocycles. The van der Waals surface area contributed by atoms with Crippen molar-refractivity contribution in [2.45, 2.75) is 51.1 Å². The van der Waals surface area contributed by atoms with E-state index in [2.05, 4.69) is 34.7 Å². The van der Waals surface area contributed by atoms with E-state index >= 15 is 0 Å². The van der Waals surface area contributed by atoms with Crippen molar-refractivity contribution >= 4 is 22.9 Å². The first kappa shape index (κ1) is 14.4. The lowest BCUT2D eigenvalue weighted by atomic mass is 9.95. The molecule has 3 N–H and O–H groups in total. The van der Waals surface area contributed by atoms with E-state index in [1.165, 1.54) is 24.6 Å². The molecule has 1 fully saturated rings. The third-order valence-corrected chi connectivity index (χ3v) is 5.06. The van der Waals surface area contributed by atoms with Gasteiger partial charge in [-0.3, -0.25) is 4.79 Å². The monoisotopic (exact) mass is 309 g/mol. The largest absolute Gasteiger partial charge is 0.373 e. The highest BCUT2D eigenvalue weighted by molar-refractivity contribution is 6.02. The van der Waals surface area contributed by atoms with E-state index in [0.29, 0.717) is 11.7 Å². The number of amides is 1. The molecule has 1 atom stereocenters. The molecule has 4 nitrogen and oxygen atoms in total. The highest BCUT2D eigenvalue weighted by atomic mass is 16.2. The van der Waals surface area contributed by atoms with Gasteiger partial charge in [-0.05, 0) is 31.9 Å². The van der Waals surface area contributed by atoms with E-state index < -0.39 is 0 Å². The van der Waals surface area contributed by atoms with Crippen molar-refractivity contribution in [2.24, 2.45) is 0 Å². The average molecular weight is 309 g/mol. The molecule has 0 radical (unpaired) electrons. The predicted octanol–water partition coefficient (Wildman–Crippen LogP) is 3.62. The molecule has 1 aromatic heterocycles. The predicted molar refractivity (Wildman–Crippen MR) is 92.8 cm³/mol. The van der Waals surface area contributed by atoms with Crippen molar-refractivity contribution < 1.29 is 4.79 Å². The SMILES string of the molecule is CC1NC(C(=O)NC2CCCCC2)=Cc2c1[nH]c1ccccc21. The molecule has 1 aromatic carbocycles. The normalized spacial score (nSPS) is 21.4. The molecule has 1 aliphatic heterocycles. The van der Waals surface area contributed by atoms with E-state index in [4.69, 9.17) is 0 Å². The Hall–Kier alpha value is -2.23. The van der Waals surface area contributed by atoms with Gasteiger partial charge in [0.05, 0.1) is 6.04 Å². The molecular weight excluding hydrogens is 286 g/mol. The summed E-state index contributed by atoms with van der Waals surface area (Å²) in [5, 5.41) is 7.72. The molecule has 2 heterocycles. The van der Waals surface area contributed by atoms with Crippen LogP contribution in [-0.4, -0.2) is 16.9 Å². The summed E-state index contributed by atoms with van der Waals surface area (Å²) in [5.74, 6) is 0.0275. The molecular formula is C19H23N3O. The van der Waals surface area contributed by atoms with Crippen LogP contribution in [0.4, 0.5) is 0 Å². The summed E-state index contributed by atoms with van der Waals surface area (Å²) < 4.78 is 0. The average Bonchev–Trinajstić information content (AvgIpc) is 2.95. The van der Waals surface area contributed by atoms with Crippen LogP contribution in [0.1, 0.15) is 56.3 Å². The van der Waals surface area contributed by atoms with E-state index in [-0.39, 0.29) is 11.9 Å². The first-order valence-electron chi connectivity index (χ1n) is 8.62. The van der Waals surface area contributed by atoms with Gasteiger partial charge in [0.2, 0.25) is 0 Å². The van der Waals surface area contributed by atoms with E-state index in [1.807, 2.05) is 18.2 Å². The number of para-hydroxylation sites is 1. The molecule has 23 heavy (non-hydrogen) atoms. The summed E-state index contributed by atoms with van der Waals surface area (Å²) in [6.07, 6.45) is 7.94. The number of aromatic amines is 1. The van der Waals surface area contributed by atoms with Gasteiger partial charge in [-0.1, -0.05) is 37.5 Å². The van der Waals surface area contributed by atoms with E-state index in [0.717, 1.165) is 29.6 Å².